The fourth-order valence-corrected chi connectivity index (χ4v) is 1.49. The molecule has 1 heteroatoms. The van der Waals surface area contributed by atoms with Crippen molar-refractivity contribution in [1.29, 1.82) is 0 Å². The topological polar surface area (TPSA) is 12.0 Å². The van der Waals surface area contributed by atoms with E-state index < -0.39 is 0 Å². The van der Waals surface area contributed by atoms with E-state index in [1.165, 1.54) is 5.70 Å². The van der Waals surface area contributed by atoms with Gasteiger partial charge < -0.3 is 5.32 Å². The summed E-state index contributed by atoms with van der Waals surface area (Å²) in [6.07, 6.45) is 14.9. The third-order valence-corrected chi connectivity index (χ3v) is 2.12. The van der Waals surface area contributed by atoms with Crippen LogP contribution >= 0.6 is 0 Å². The lowest BCUT2D eigenvalue weighted by Gasteiger charge is -2.12. The highest BCUT2D eigenvalue weighted by Gasteiger charge is 2.01. The highest BCUT2D eigenvalue weighted by Crippen LogP contribution is 2.09. The van der Waals surface area contributed by atoms with Crippen LogP contribution in [0.3, 0.4) is 0 Å². The molecule has 0 aromatic carbocycles. The Kier molecular flexibility index (Phi) is 4.24. The number of hydrogen-bond acceptors (Lipinski definition) is 1. The van der Waals surface area contributed by atoms with Crippen LogP contribution in [0.25, 0.3) is 0 Å². The monoisotopic (exact) mass is 189 g/mol. The summed E-state index contributed by atoms with van der Waals surface area (Å²) >= 11 is 0. The lowest BCUT2D eigenvalue weighted by Crippen LogP contribution is -2.22. The van der Waals surface area contributed by atoms with Crippen molar-refractivity contribution in [2.75, 3.05) is 0 Å². The molecule has 0 radical (unpaired) electrons. The molecular formula is C13H19N. The molecule has 0 spiro atoms. The predicted octanol–water partition coefficient (Wildman–Crippen LogP) is 3.19. The summed E-state index contributed by atoms with van der Waals surface area (Å²) in [5.41, 5.74) is 1.20. The Morgan fingerprint density at radius 1 is 1.43 bits per heavy atom. The van der Waals surface area contributed by atoms with Crippen molar-refractivity contribution < 1.29 is 0 Å². The zero-order valence-corrected chi connectivity index (χ0v) is 9.20. The zero-order valence-electron chi connectivity index (χ0n) is 9.20. The van der Waals surface area contributed by atoms with E-state index in [1.54, 1.807) is 0 Å². The molecule has 2 atom stereocenters. The summed E-state index contributed by atoms with van der Waals surface area (Å²) in [6, 6.07) is 0.390. The minimum absolute atomic E-state index is 0.390. The summed E-state index contributed by atoms with van der Waals surface area (Å²) in [4.78, 5) is 0. The Balaban J connectivity index is 2.60. The van der Waals surface area contributed by atoms with Crippen molar-refractivity contribution in [1.82, 2.24) is 5.32 Å². The van der Waals surface area contributed by atoms with Gasteiger partial charge in [-0.05, 0) is 25.8 Å². The van der Waals surface area contributed by atoms with Crippen LogP contribution in [-0.2, 0) is 0 Å². The fraction of sp³-hybridized carbons (Fsp3) is 0.385. The van der Waals surface area contributed by atoms with Crippen molar-refractivity contribution in [3.8, 4) is 0 Å². The first-order valence-electron chi connectivity index (χ1n) is 5.18. The van der Waals surface area contributed by atoms with Gasteiger partial charge in [0.05, 0.1) is 0 Å². The Hall–Kier alpha value is -1.24. The molecule has 1 nitrogen and oxygen atoms in total. The molecule has 1 aliphatic carbocycles. The molecule has 1 aliphatic rings. The van der Waals surface area contributed by atoms with E-state index in [4.69, 9.17) is 0 Å². The molecule has 0 fully saturated rings. The highest BCUT2D eigenvalue weighted by molar-refractivity contribution is 5.27. The van der Waals surface area contributed by atoms with Crippen LogP contribution < -0.4 is 5.32 Å². The summed E-state index contributed by atoms with van der Waals surface area (Å²) in [7, 11) is 0. The molecule has 0 aliphatic heterocycles. The molecule has 1 rings (SSSR count). The van der Waals surface area contributed by atoms with Crippen LogP contribution in [-0.4, -0.2) is 6.04 Å². The van der Waals surface area contributed by atoms with Gasteiger partial charge in [-0.3, -0.25) is 0 Å². The second-order valence-electron chi connectivity index (χ2n) is 3.68. The normalized spacial score (nSPS) is 23.4. The molecule has 0 amide bonds. The van der Waals surface area contributed by atoms with Crippen LogP contribution in [0.5, 0.6) is 0 Å². The Morgan fingerprint density at radius 3 is 2.93 bits per heavy atom. The summed E-state index contributed by atoms with van der Waals surface area (Å²) in [5.74, 6) is 0.505. The first-order chi connectivity index (χ1) is 6.72. The maximum Gasteiger partial charge on any atom is 0.0415 e. The molecule has 0 saturated carbocycles. The van der Waals surface area contributed by atoms with Crippen molar-refractivity contribution >= 4 is 0 Å². The van der Waals surface area contributed by atoms with Gasteiger partial charge in [0.15, 0.2) is 0 Å². The SMILES string of the molecule is C/C=C\C(C)NC1=C[C@@H](C)C=CC=C1. The molecular weight excluding hydrogens is 170 g/mol. The van der Waals surface area contributed by atoms with Gasteiger partial charge in [-0.1, -0.05) is 43.4 Å². The lowest BCUT2D eigenvalue weighted by atomic mass is 10.1. The van der Waals surface area contributed by atoms with E-state index in [0.717, 1.165) is 0 Å². The largest absolute Gasteiger partial charge is 0.379 e. The van der Waals surface area contributed by atoms with Gasteiger partial charge in [0.25, 0.3) is 0 Å². The molecule has 14 heavy (non-hydrogen) atoms. The van der Waals surface area contributed by atoms with E-state index in [1.807, 2.05) is 6.92 Å². The van der Waals surface area contributed by atoms with Crippen LogP contribution in [0.2, 0.25) is 0 Å². The van der Waals surface area contributed by atoms with E-state index in [2.05, 4.69) is 61.7 Å². The molecule has 0 bridgehead atoms. The number of allylic oxidation sites excluding steroid dienone is 6. The minimum Gasteiger partial charge on any atom is -0.379 e. The summed E-state index contributed by atoms with van der Waals surface area (Å²) < 4.78 is 0. The lowest BCUT2D eigenvalue weighted by molar-refractivity contribution is 0.732. The van der Waals surface area contributed by atoms with Crippen molar-refractivity contribution in [3.63, 3.8) is 0 Å². The quantitative estimate of drug-likeness (QED) is 0.672. The summed E-state index contributed by atoms with van der Waals surface area (Å²) in [6.45, 7) is 6.38. The van der Waals surface area contributed by atoms with Gasteiger partial charge in [0, 0.05) is 11.7 Å². The molecule has 1 N–H and O–H groups in total. The first kappa shape index (κ1) is 10.8. The average Bonchev–Trinajstić information content (AvgIpc) is 2.30. The van der Waals surface area contributed by atoms with Crippen LogP contribution in [0, 0.1) is 5.92 Å². The maximum atomic E-state index is 3.44. The fourth-order valence-electron chi connectivity index (χ4n) is 1.49. The molecule has 0 heterocycles. The van der Waals surface area contributed by atoms with Crippen molar-refractivity contribution in [2.24, 2.45) is 5.92 Å². The third kappa shape index (κ3) is 3.65. The second-order valence-corrected chi connectivity index (χ2v) is 3.68. The van der Waals surface area contributed by atoms with Crippen LogP contribution in [0.4, 0.5) is 0 Å². The minimum atomic E-state index is 0.390. The van der Waals surface area contributed by atoms with Crippen molar-refractivity contribution in [3.05, 3.63) is 48.2 Å². The van der Waals surface area contributed by atoms with E-state index in [0.29, 0.717) is 12.0 Å². The van der Waals surface area contributed by atoms with Crippen LogP contribution in [0.15, 0.2) is 48.2 Å². The number of hydrogen-bond donors (Lipinski definition) is 1. The van der Waals surface area contributed by atoms with Gasteiger partial charge in [-0.15, -0.1) is 0 Å². The Bertz CT molecular complexity index is 282. The molecule has 0 saturated heterocycles. The van der Waals surface area contributed by atoms with E-state index >= 15 is 0 Å². The zero-order chi connectivity index (χ0) is 10.4. The third-order valence-electron chi connectivity index (χ3n) is 2.12. The van der Waals surface area contributed by atoms with Gasteiger partial charge in [-0.2, -0.15) is 0 Å². The standard InChI is InChI=1S/C13H19N/c1-4-7-12(3)14-13-9-6-5-8-11(2)10-13/h4-12,14H,1-3H3/b7-4-/t11-,12?/m0/s1. The van der Waals surface area contributed by atoms with Gasteiger partial charge in [0.1, 0.15) is 0 Å². The van der Waals surface area contributed by atoms with E-state index in [9.17, 15) is 0 Å². The van der Waals surface area contributed by atoms with Crippen molar-refractivity contribution in [2.45, 2.75) is 26.8 Å². The number of nitrogens with one attached hydrogen (secondary N) is 1. The Morgan fingerprint density at radius 2 is 2.21 bits per heavy atom. The second kappa shape index (κ2) is 5.48. The van der Waals surface area contributed by atoms with Gasteiger partial charge in [0.2, 0.25) is 0 Å². The molecule has 0 aromatic heterocycles. The highest BCUT2D eigenvalue weighted by atomic mass is 14.9. The van der Waals surface area contributed by atoms with Crippen LogP contribution in [0.1, 0.15) is 20.8 Å². The predicted molar refractivity (Wildman–Crippen MR) is 62.9 cm³/mol. The molecule has 76 valence electrons. The summed E-state index contributed by atoms with van der Waals surface area (Å²) in [5, 5.41) is 3.44. The maximum absolute atomic E-state index is 3.44. The molecule has 0 aromatic rings. The average molecular weight is 189 g/mol. The van der Waals surface area contributed by atoms with Gasteiger partial charge >= 0.3 is 0 Å². The Labute approximate surface area is 86.9 Å². The van der Waals surface area contributed by atoms with Gasteiger partial charge in [-0.25, -0.2) is 0 Å². The first-order valence-corrected chi connectivity index (χ1v) is 5.18. The van der Waals surface area contributed by atoms with E-state index in [-0.39, 0.29) is 0 Å². The number of rotatable bonds is 3. The smallest absolute Gasteiger partial charge is 0.0415 e. The molecule has 1 unspecified atom stereocenters.